The molecule has 1 saturated heterocycles. The van der Waals surface area contributed by atoms with Gasteiger partial charge in [-0.3, -0.25) is 19.5 Å². The van der Waals surface area contributed by atoms with Gasteiger partial charge in [-0.15, -0.1) is 0 Å². The summed E-state index contributed by atoms with van der Waals surface area (Å²) < 4.78 is 42.9. The van der Waals surface area contributed by atoms with E-state index in [1.807, 2.05) is 6.07 Å². The Morgan fingerprint density at radius 2 is 1.77 bits per heavy atom. The van der Waals surface area contributed by atoms with Crippen molar-refractivity contribution in [3.63, 3.8) is 0 Å². The van der Waals surface area contributed by atoms with Gasteiger partial charge in [0, 0.05) is 56.2 Å². The number of fused-ring (bicyclic) bond motifs is 1. The van der Waals surface area contributed by atoms with Gasteiger partial charge in [-0.2, -0.15) is 8.78 Å². The first kappa shape index (κ1) is 33.2. The number of halogens is 4. The molecule has 2 aliphatic heterocycles. The van der Waals surface area contributed by atoms with E-state index in [0.717, 1.165) is 44.7 Å². The molecule has 1 unspecified atom stereocenters. The fourth-order valence-corrected chi connectivity index (χ4v) is 6.23. The fourth-order valence-electron chi connectivity index (χ4n) is 5.72. The maximum absolute atomic E-state index is 13.6. The van der Waals surface area contributed by atoms with E-state index in [1.165, 1.54) is 35.5 Å². The summed E-state index contributed by atoms with van der Waals surface area (Å²) in [6.07, 6.45) is 2.33. The number of carbonyl (C=O) groups excluding carboxylic acids is 2. The number of piperazine rings is 1. The lowest BCUT2D eigenvalue weighted by Gasteiger charge is -2.34. The Morgan fingerprint density at radius 1 is 1.04 bits per heavy atom. The second kappa shape index (κ2) is 14.2. The molecule has 3 heterocycles. The number of alkyl halides is 2. The Bertz CT molecular complexity index is 1620. The molecule has 0 radical (unpaired) electrons. The standard InChI is InChI=1S/C33H34Cl2F2N4O6/c1-39-8-10-40(11-9-39)21-5-6-22-26(13-21)41(32(44)31(22)43)17-30(42)46-28(14-23-24(34)15-38-16-25(23)35)20-4-7-27(47-33(36)37)29(12-20)45-18-19-2-3-19/h4-7,12-13,15-16,19,28,31,33,43H,2-3,8-11,14,17-18H2,1H3/t28-,31?/m0/s1. The van der Waals surface area contributed by atoms with Gasteiger partial charge in [0.25, 0.3) is 5.91 Å². The van der Waals surface area contributed by atoms with Crippen LogP contribution in [0.25, 0.3) is 0 Å². The van der Waals surface area contributed by atoms with Gasteiger partial charge in [0.2, 0.25) is 0 Å². The molecule has 10 nitrogen and oxygen atoms in total. The maximum atomic E-state index is 13.6. The molecule has 1 aliphatic carbocycles. The molecule has 0 bridgehead atoms. The van der Waals surface area contributed by atoms with Crippen molar-refractivity contribution in [1.29, 1.82) is 0 Å². The predicted molar refractivity (Wildman–Crippen MR) is 172 cm³/mol. The molecule has 1 saturated carbocycles. The van der Waals surface area contributed by atoms with Crippen LogP contribution in [0.4, 0.5) is 20.2 Å². The number of pyridine rings is 1. The molecule has 2 atom stereocenters. The van der Waals surface area contributed by atoms with Crippen LogP contribution in [0, 0.1) is 5.92 Å². The molecule has 1 amide bonds. The third kappa shape index (κ3) is 7.72. The minimum Gasteiger partial charge on any atom is -0.489 e. The molecule has 3 aliphatic rings. The van der Waals surface area contributed by atoms with Crippen molar-refractivity contribution in [2.45, 2.75) is 38.1 Å². The summed E-state index contributed by atoms with van der Waals surface area (Å²) in [6, 6.07) is 9.69. The van der Waals surface area contributed by atoms with Crippen molar-refractivity contribution in [2.24, 2.45) is 5.92 Å². The van der Waals surface area contributed by atoms with Crippen LogP contribution in [0.2, 0.25) is 10.0 Å². The quantitative estimate of drug-likeness (QED) is 0.249. The number of anilines is 2. The highest BCUT2D eigenvalue weighted by Crippen LogP contribution is 2.40. The van der Waals surface area contributed by atoms with Crippen LogP contribution in [-0.4, -0.2) is 79.9 Å². The first-order valence-electron chi connectivity index (χ1n) is 15.3. The van der Waals surface area contributed by atoms with Crippen molar-refractivity contribution < 1.29 is 37.7 Å². The lowest BCUT2D eigenvalue weighted by molar-refractivity contribution is -0.148. The Hall–Kier alpha value is -3.71. The zero-order chi connectivity index (χ0) is 33.2. The molecule has 0 spiro atoms. The molecule has 2 fully saturated rings. The van der Waals surface area contributed by atoms with E-state index in [2.05, 4.69) is 26.6 Å². The van der Waals surface area contributed by atoms with E-state index in [0.29, 0.717) is 34.9 Å². The van der Waals surface area contributed by atoms with Crippen LogP contribution in [0.15, 0.2) is 48.8 Å². The van der Waals surface area contributed by atoms with E-state index in [4.69, 9.17) is 32.7 Å². The Labute approximate surface area is 280 Å². The second-order valence-corrected chi connectivity index (χ2v) is 12.8. The average molecular weight is 692 g/mol. The number of aromatic nitrogens is 1. The van der Waals surface area contributed by atoms with Crippen LogP contribution < -0.4 is 19.3 Å². The molecule has 1 aromatic heterocycles. The van der Waals surface area contributed by atoms with Crippen molar-refractivity contribution >= 4 is 46.5 Å². The van der Waals surface area contributed by atoms with Gasteiger partial charge in [-0.1, -0.05) is 35.3 Å². The van der Waals surface area contributed by atoms with E-state index in [1.54, 1.807) is 12.1 Å². The Morgan fingerprint density at radius 3 is 2.45 bits per heavy atom. The number of likely N-dealkylation sites (N-methyl/N-ethyl adjacent to an activating group) is 1. The lowest BCUT2D eigenvalue weighted by atomic mass is 10.0. The minimum atomic E-state index is -3.07. The summed E-state index contributed by atoms with van der Waals surface area (Å²) in [5.74, 6) is -1.17. The van der Waals surface area contributed by atoms with Crippen LogP contribution >= 0.6 is 23.2 Å². The first-order valence-corrected chi connectivity index (χ1v) is 16.1. The third-order valence-electron chi connectivity index (χ3n) is 8.60. The number of aliphatic hydroxyl groups excluding tert-OH is 1. The lowest BCUT2D eigenvalue weighted by Crippen LogP contribution is -2.44. The summed E-state index contributed by atoms with van der Waals surface area (Å²) in [7, 11) is 2.06. The van der Waals surface area contributed by atoms with Gasteiger partial charge >= 0.3 is 12.6 Å². The smallest absolute Gasteiger partial charge is 0.387 e. The Balaban J connectivity index is 1.27. The number of benzene rings is 2. The monoisotopic (exact) mass is 690 g/mol. The number of hydrogen-bond donors (Lipinski definition) is 1. The number of rotatable bonds is 12. The highest BCUT2D eigenvalue weighted by Gasteiger charge is 2.38. The number of carbonyl (C=O) groups is 2. The normalized spacial score (nSPS) is 18.8. The van der Waals surface area contributed by atoms with Crippen LogP contribution in [0.5, 0.6) is 11.5 Å². The van der Waals surface area contributed by atoms with Crippen LogP contribution in [-0.2, 0) is 20.7 Å². The van der Waals surface area contributed by atoms with Crippen molar-refractivity contribution in [1.82, 2.24) is 9.88 Å². The average Bonchev–Trinajstić information content (AvgIpc) is 3.85. The van der Waals surface area contributed by atoms with E-state index in [-0.39, 0.29) is 28.0 Å². The summed E-state index contributed by atoms with van der Waals surface area (Å²) in [5.41, 5.74) is 2.56. The SMILES string of the molecule is CN1CCN(c2ccc3c(c2)N(CC(=O)O[C@@H](Cc2c(Cl)cncc2Cl)c2ccc(OC(F)F)c(OCC4CC4)c2)C(=O)C3O)CC1. The second-order valence-electron chi connectivity index (χ2n) is 12.0. The van der Waals surface area contributed by atoms with E-state index in [9.17, 15) is 23.5 Å². The van der Waals surface area contributed by atoms with Gasteiger partial charge in [0.15, 0.2) is 17.6 Å². The number of nitrogens with zero attached hydrogens (tertiary/aromatic N) is 4. The molecule has 14 heteroatoms. The Kier molecular flexibility index (Phi) is 10.0. The van der Waals surface area contributed by atoms with Gasteiger partial charge in [0.1, 0.15) is 12.6 Å². The third-order valence-corrected chi connectivity index (χ3v) is 9.25. The van der Waals surface area contributed by atoms with Crippen molar-refractivity contribution in [2.75, 3.05) is 56.2 Å². The number of esters is 1. The number of amides is 1. The predicted octanol–water partition coefficient (Wildman–Crippen LogP) is 5.44. The molecule has 6 rings (SSSR count). The van der Waals surface area contributed by atoms with E-state index < -0.39 is 37.2 Å². The number of ether oxygens (including phenoxy) is 3. The molecule has 3 aromatic rings. The summed E-state index contributed by atoms with van der Waals surface area (Å²) >= 11 is 12.8. The molecule has 250 valence electrons. The van der Waals surface area contributed by atoms with Crippen molar-refractivity contribution in [3.05, 3.63) is 75.5 Å². The summed E-state index contributed by atoms with van der Waals surface area (Å²) in [6.45, 7) is 0.117. The zero-order valence-corrected chi connectivity index (χ0v) is 27.1. The summed E-state index contributed by atoms with van der Waals surface area (Å²) in [5, 5.41) is 11.2. The molecular formula is C33H34Cl2F2N4O6. The first-order chi connectivity index (χ1) is 22.6. The van der Waals surface area contributed by atoms with Gasteiger partial charge in [-0.05, 0) is 61.2 Å². The molecule has 1 N–H and O–H groups in total. The number of aliphatic hydroxyl groups is 1. The van der Waals surface area contributed by atoms with Gasteiger partial charge < -0.3 is 29.1 Å². The van der Waals surface area contributed by atoms with Gasteiger partial charge in [-0.25, -0.2) is 0 Å². The van der Waals surface area contributed by atoms with E-state index >= 15 is 0 Å². The topological polar surface area (TPSA) is 105 Å². The highest BCUT2D eigenvalue weighted by molar-refractivity contribution is 6.35. The maximum Gasteiger partial charge on any atom is 0.387 e. The number of hydrogen-bond acceptors (Lipinski definition) is 9. The molecule has 2 aromatic carbocycles. The van der Waals surface area contributed by atoms with Crippen molar-refractivity contribution in [3.8, 4) is 11.5 Å². The summed E-state index contributed by atoms with van der Waals surface area (Å²) in [4.78, 5) is 36.4. The largest absolute Gasteiger partial charge is 0.489 e. The highest BCUT2D eigenvalue weighted by atomic mass is 35.5. The van der Waals surface area contributed by atoms with Crippen LogP contribution in [0.1, 0.15) is 41.7 Å². The van der Waals surface area contributed by atoms with Crippen LogP contribution in [0.3, 0.4) is 0 Å². The molecular weight excluding hydrogens is 657 g/mol. The fraction of sp³-hybridized carbons (Fsp3) is 0.424. The zero-order valence-electron chi connectivity index (χ0n) is 25.6. The molecule has 47 heavy (non-hydrogen) atoms. The minimum absolute atomic E-state index is 0.00373. The van der Waals surface area contributed by atoms with Gasteiger partial charge in [0.05, 0.1) is 22.3 Å².